The molecule has 0 aromatic heterocycles. The van der Waals surface area contributed by atoms with Crippen molar-refractivity contribution in [2.45, 2.75) is 57.8 Å². The highest BCUT2D eigenvalue weighted by molar-refractivity contribution is 5.48. The van der Waals surface area contributed by atoms with Crippen LogP contribution in [0.4, 0.5) is 0 Å². The van der Waals surface area contributed by atoms with Crippen molar-refractivity contribution in [2.24, 2.45) is 5.92 Å². The Morgan fingerprint density at radius 2 is 2.00 bits per heavy atom. The number of rotatable bonds is 3. The number of phenolic OH excluding ortho intramolecular Hbond substituents is 2. The average Bonchev–Trinajstić information content (AvgIpc) is 2.41. The van der Waals surface area contributed by atoms with E-state index >= 15 is 0 Å². The van der Waals surface area contributed by atoms with Crippen molar-refractivity contribution in [1.82, 2.24) is 0 Å². The van der Waals surface area contributed by atoms with Crippen LogP contribution in [-0.2, 0) is 5.41 Å². The molecule has 100 valence electrons. The molecule has 1 saturated carbocycles. The van der Waals surface area contributed by atoms with Crippen molar-refractivity contribution in [2.75, 3.05) is 0 Å². The molecule has 1 aromatic carbocycles. The smallest absolute Gasteiger partial charge is 0.161 e. The van der Waals surface area contributed by atoms with E-state index < -0.39 is 0 Å². The van der Waals surface area contributed by atoms with E-state index in [2.05, 4.69) is 13.8 Å². The second-order valence-electron chi connectivity index (χ2n) is 5.53. The summed E-state index contributed by atoms with van der Waals surface area (Å²) < 4.78 is 0. The number of hydrogen-bond donors (Lipinski definition) is 2. The van der Waals surface area contributed by atoms with Gasteiger partial charge in [0.15, 0.2) is 11.5 Å². The van der Waals surface area contributed by atoms with Gasteiger partial charge in [0.2, 0.25) is 0 Å². The van der Waals surface area contributed by atoms with E-state index in [9.17, 15) is 10.2 Å². The zero-order valence-corrected chi connectivity index (χ0v) is 11.4. The molecule has 0 amide bonds. The predicted molar refractivity (Wildman–Crippen MR) is 74.0 cm³/mol. The van der Waals surface area contributed by atoms with Gasteiger partial charge in [0, 0.05) is 11.0 Å². The summed E-state index contributed by atoms with van der Waals surface area (Å²) in [7, 11) is 0. The van der Waals surface area contributed by atoms with Crippen LogP contribution in [0.15, 0.2) is 18.2 Å². The van der Waals surface area contributed by atoms with E-state index in [0.717, 1.165) is 24.8 Å². The van der Waals surface area contributed by atoms with Crippen LogP contribution < -0.4 is 0 Å². The Balaban J connectivity index is 2.50. The summed E-state index contributed by atoms with van der Waals surface area (Å²) in [6.45, 7) is 4.44. The lowest BCUT2D eigenvalue weighted by atomic mass is 9.60. The molecule has 18 heavy (non-hydrogen) atoms. The van der Waals surface area contributed by atoms with Crippen LogP contribution in [0.25, 0.3) is 0 Å². The van der Waals surface area contributed by atoms with Crippen LogP contribution in [0.3, 0.4) is 0 Å². The van der Waals surface area contributed by atoms with Gasteiger partial charge in [-0.25, -0.2) is 0 Å². The summed E-state index contributed by atoms with van der Waals surface area (Å²) in [5, 5.41) is 20.0. The molecule has 2 atom stereocenters. The fourth-order valence-electron chi connectivity index (χ4n) is 3.85. The molecular formula is C16H24O2. The summed E-state index contributed by atoms with van der Waals surface area (Å²) in [4.78, 5) is 0. The standard InChI is InChI=1S/C16H24O2/c1-3-12-8-5-6-11-16(12,4-2)13-9-7-10-14(17)15(13)18/h7,9-10,12,17-18H,3-6,8,11H2,1-2H3. The Labute approximate surface area is 110 Å². The van der Waals surface area contributed by atoms with Gasteiger partial charge in [-0.15, -0.1) is 0 Å². The van der Waals surface area contributed by atoms with Crippen LogP contribution in [0.1, 0.15) is 57.9 Å². The Morgan fingerprint density at radius 1 is 1.22 bits per heavy atom. The molecule has 1 fully saturated rings. The SMILES string of the molecule is CCC1CCCCC1(CC)c1cccc(O)c1O. The molecule has 0 radical (unpaired) electrons. The molecule has 2 nitrogen and oxygen atoms in total. The molecule has 2 N–H and O–H groups in total. The van der Waals surface area contributed by atoms with E-state index in [4.69, 9.17) is 0 Å². The van der Waals surface area contributed by atoms with Crippen molar-refractivity contribution < 1.29 is 10.2 Å². The third-order valence-corrected chi connectivity index (χ3v) is 4.88. The fourth-order valence-corrected chi connectivity index (χ4v) is 3.85. The summed E-state index contributed by atoms with van der Waals surface area (Å²) in [6, 6.07) is 5.40. The lowest BCUT2D eigenvalue weighted by Gasteiger charge is -2.44. The quantitative estimate of drug-likeness (QED) is 0.781. The zero-order chi connectivity index (χ0) is 13.2. The highest BCUT2D eigenvalue weighted by Gasteiger charge is 2.41. The van der Waals surface area contributed by atoms with Gasteiger partial charge in [-0.3, -0.25) is 0 Å². The molecule has 0 heterocycles. The van der Waals surface area contributed by atoms with Crippen LogP contribution in [-0.4, -0.2) is 10.2 Å². The van der Waals surface area contributed by atoms with Crippen LogP contribution in [0, 0.1) is 5.92 Å². The Kier molecular flexibility index (Phi) is 3.84. The third kappa shape index (κ3) is 1.98. The Bertz CT molecular complexity index is 414. The van der Waals surface area contributed by atoms with Gasteiger partial charge in [-0.2, -0.15) is 0 Å². The molecule has 1 aromatic rings. The topological polar surface area (TPSA) is 40.5 Å². The first-order valence-corrected chi connectivity index (χ1v) is 7.17. The van der Waals surface area contributed by atoms with Crippen molar-refractivity contribution in [3.05, 3.63) is 23.8 Å². The Hall–Kier alpha value is -1.18. The first kappa shape index (κ1) is 13.3. The first-order valence-electron chi connectivity index (χ1n) is 7.17. The molecule has 2 heteroatoms. The maximum Gasteiger partial charge on any atom is 0.161 e. The van der Waals surface area contributed by atoms with Gasteiger partial charge in [-0.05, 0) is 31.2 Å². The van der Waals surface area contributed by atoms with Gasteiger partial charge < -0.3 is 10.2 Å². The number of aromatic hydroxyl groups is 2. The minimum atomic E-state index is 0.0146. The molecule has 0 bridgehead atoms. The maximum absolute atomic E-state index is 10.2. The van der Waals surface area contributed by atoms with Gasteiger partial charge in [0.05, 0.1) is 0 Å². The van der Waals surface area contributed by atoms with Crippen molar-refractivity contribution in [3.63, 3.8) is 0 Å². The monoisotopic (exact) mass is 248 g/mol. The average molecular weight is 248 g/mol. The first-order chi connectivity index (χ1) is 8.65. The largest absolute Gasteiger partial charge is 0.504 e. The van der Waals surface area contributed by atoms with E-state index in [1.54, 1.807) is 6.07 Å². The number of benzene rings is 1. The summed E-state index contributed by atoms with van der Waals surface area (Å²) in [5.74, 6) is 0.726. The molecule has 0 saturated heterocycles. The second-order valence-corrected chi connectivity index (χ2v) is 5.53. The van der Waals surface area contributed by atoms with Crippen molar-refractivity contribution in [3.8, 4) is 11.5 Å². The van der Waals surface area contributed by atoms with Crippen LogP contribution in [0.5, 0.6) is 11.5 Å². The lowest BCUT2D eigenvalue weighted by molar-refractivity contribution is 0.166. The Morgan fingerprint density at radius 3 is 2.67 bits per heavy atom. The van der Waals surface area contributed by atoms with Gasteiger partial charge in [0.1, 0.15) is 0 Å². The van der Waals surface area contributed by atoms with Gasteiger partial charge in [0.25, 0.3) is 0 Å². The molecule has 0 spiro atoms. The van der Waals surface area contributed by atoms with Crippen LogP contribution >= 0.6 is 0 Å². The lowest BCUT2D eigenvalue weighted by Crippen LogP contribution is -2.37. The normalized spacial score (nSPS) is 28.2. The molecule has 0 aliphatic heterocycles. The summed E-state index contributed by atoms with van der Waals surface area (Å²) in [5.41, 5.74) is 1.01. The van der Waals surface area contributed by atoms with E-state index in [0.29, 0.717) is 5.92 Å². The van der Waals surface area contributed by atoms with E-state index in [1.807, 2.05) is 12.1 Å². The van der Waals surface area contributed by atoms with Crippen molar-refractivity contribution in [1.29, 1.82) is 0 Å². The molecule has 1 aliphatic carbocycles. The predicted octanol–water partition coefficient (Wildman–Crippen LogP) is 4.35. The minimum absolute atomic E-state index is 0.0146. The molecule has 1 aliphatic rings. The zero-order valence-electron chi connectivity index (χ0n) is 11.4. The fraction of sp³-hybridized carbons (Fsp3) is 0.625. The number of para-hydroxylation sites is 1. The summed E-state index contributed by atoms with van der Waals surface area (Å²) in [6.07, 6.45) is 7.04. The number of phenols is 2. The summed E-state index contributed by atoms with van der Waals surface area (Å²) >= 11 is 0. The number of hydrogen-bond acceptors (Lipinski definition) is 2. The molecular weight excluding hydrogens is 224 g/mol. The van der Waals surface area contributed by atoms with E-state index in [1.165, 1.54) is 19.3 Å². The minimum Gasteiger partial charge on any atom is -0.504 e. The van der Waals surface area contributed by atoms with Gasteiger partial charge >= 0.3 is 0 Å². The van der Waals surface area contributed by atoms with Crippen molar-refractivity contribution >= 4 is 0 Å². The van der Waals surface area contributed by atoms with E-state index in [-0.39, 0.29) is 16.9 Å². The molecule has 2 unspecified atom stereocenters. The second kappa shape index (κ2) is 5.21. The molecule has 2 rings (SSSR count). The van der Waals surface area contributed by atoms with Gasteiger partial charge in [-0.1, -0.05) is 45.2 Å². The third-order valence-electron chi connectivity index (χ3n) is 4.88. The van der Waals surface area contributed by atoms with Crippen LogP contribution in [0.2, 0.25) is 0 Å². The highest BCUT2D eigenvalue weighted by atomic mass is 16.3. The highest BCUT2D eigenvalue weighted by Crippen LogP contribution is 2.51. The maximum atomic E-state index is 10.2.